The topological polar surface area (TPSA) is 99.2 Å². The number of nitrogens with two attached hydrogens (primary N) is 1. The largest absolute Gasteiger partial charge is 0.457 e. The van der Waals surface area contributed by atoms with E-state index in [9.17, 15) is 9.59 Å². The summed E-state index contributed by atoms with van der Waals surface area (Å²) >= 11 is 0. The first-order valence-electron chi connectivity index (χ1n) is 10.2. The number of amides is 1. The summed E-state index contributed by atoms with van der Waals surface area (Å²) in [4.78, 5) is 29.3. The molecular weight excluding hydrogens is 404 g/mol. The summed E-state index contributed by atoms with van der Waals surface area (Å²) in [6.45, 7) is 4.00. The minimum Gasteiger partial charge on any atom is -0.457 e. The Kier molecular flexibility index (Phi) is 7.37. The zero-order chi connectivity index (χ0) is 22.9. The van der Waals surface area contributed by atoms with Gasteiger partial charge in [0.15, 0.2) is 0 Å². The van der Waals surface area contributed by atoms with E-state index >= 15 is 0 Å². The first-order valence-corrected chi connectivity index (χ1v) is 10.2. The molecule has 1 amide bonds. The van der Waals surface area contributed by atoms with Gasteiger partial charge in [-0.1, -0.05) is 32.0 Å². The maximum atomic E-state index is 12.8. The zero-order valence-electron chi connectivity index (χ0n) is 17.9. The Morgan fingerprint density at radius 3 is 2.34 bits per heavy atom. The van der Waals surface area contributed by atoms with Crippen molar-refractivity contribution in [2.75, 3.05) is 11.1 Å². The maximum absolute atomic E-state index is 12.8. The zero-order valence-corrected chi connectivity index (χ0v) is 17.9. The van der Waals surface area contributed by atoms with Crippen molar-refractivity contribution in [1.82, 2.24) is 9.55 Å². The molecule has 32 heavy (non-hydrogen) atoms. The van der Waals surface area contributed by atoms with Crippen LogP contribution in [0.2, 0.25) is 0 Å². The molecule has 0 radical (unpaired) electrons. The van der Waals surface area contributed by atoms with Crippen LogP contribution in [-0.4, -0.2) is 15.5 Å². The number of nitrogens with zero attached hydrogens (tertiary/aromatic N) is 2. The van der Waals surface area contributed by atoms with Crippen molar-refractivity contribution >= 4 is 17.4 Å². The first kappa shape index (κ1) is 22.3. The predicted molar refractivity (Wildman–Crippen MR) is 127 cm³/mol. The molecule has 3 N–H and O–H groups in total. The number of carbonyl (C=O) groups is 1. The first-order chi connectivity index (χ1) is 15.6. The molecule has 162 valence electrons. The number of hydrogen-bond donors (Lipinski definition) is 2. The third-order valence-corrected chi connectivity index (χ3v) is 4.33. The van der Waals surface area contributed by atoms with Crippen LogP contribution >= 0.6 is 0 Å². The number of anilines is 2. The summed E-state index contributed by atoms with van der Waals surface area (Å²) in [6, 6.07) is 22.4. The predicted octanol–water partition coefficient (Wildman–Crippen LogP) is 4.89. The molecule has 0 atom stereocenters. The standard InChI is InChI=1S/C23H18N4O3.C2H6/c24-21-15-19(12-13-25-21)30-18-10-8-16(9-11-18)26-22(28)20-7-4-14-27(23(20)29)17-5-2-1-3-6-17;1-2/h1-15H,(H2,24,25)(H,26,28);1-2H3. The van der Waals surface area contributed by atoms with Gasteiger partial charge in [-0.3, -0.25) is 14.2 Å². The minimum absolute atomic E-state index is 0.0499. The highest BCUT2D eigenvalue weighted by Crippen LogP contribution is 2.23. The second kappa shape index (κ2) is 10.6. The molecule has 2 aromatic carbocycles. The number of rotatable bonds is 5. The van der Waals surface area contributed by atoms with Gasteiger partial charge in [0.25, 0.3) is 11.5 Å². The molecule has 0 unspecified atom stereocenters. The third-order valence-electron chi connectivity index (χ3n) is 4.33. The quantitative estimate of drug-likeness (QED) is 0.472. The second-order valence-electron chi connectivity index (χ2n) is 6.43. The Bertz CT molecular complexity index is 1240. The van der Waals surface area contributed by atoms with Gasteiger partial charge in [0.2, 0.25) is 0 Å². The third kappa shape index (κ3) is 5.40. The van der Waals surface area contributed by atoms with E-state index in [2.05, 4.69) is 10.3 Å². The average Bonchev–Trinajstić information content (AvgIpc) is 2.82. The van der Waals surface area contributed by atoms with Gasteiger partial charge < -0.3 is 15.8 Å². The number of benzene rings is 2. The molecule has 0 saturated heterocycles. The van der Waals surface area contributed by atoms with Crippen LogP contribution in [0.1, 0.15) is 24.2 Å². The fourth-order valence-corrected chi connectivity index (χ4v) is 2.89. The summed E-state index contributed by atoms with van der Waals surface area (Å²) in [5.74, 6) is 1.01. The molecule has 7 heteroatoms. The van der Waals surface area contributed by atoms with Crippen molar-refractivity contribution in [3.8, 4) is 17.2 Å². The van der Waals surface area contributed by atoms with E-state index in [1.165, 1.54) is 10.6 Å². The Labute approximate surface area is 186 Å². The van der Waals surface area contributed by atoms with Crippen LogP contribution in [0.5, 0.6) is 11.5 Å². The molecule has 0 spiro atoms. The number of pyridine rings is 2. The van der Waals surface area contributed by atoms with Gasteiger partial charge in [0.1, 0.15) is 22.9 Å². The Balaban J connectivity index is 0.00000141. The highest BCUT2D eigenvalue weighted by atomic mass is 16.5. The van der Waals surface area contributed by atoms with Gasteiger partial charge in [-0.05, 0) is 54.6 Å². The average molecular weight is 428 g/mol. The van der Waals surface area contributed by atoms with Crippen molar-refractivity contribution in [1.29, 1.82) is 0 Å². The number of nitrogen functional groups attached to an aromatic ring is 1. The molecule has 4 aromatic rings. The summed E-state index contributed by atoms with van der Waals surface area (Å²) in [6.07, 6.45) is 3.19. The van der Waals surface area contributed by atoms with E-state index < -0.39 is 11.5 Å². The summed E-state index contributed by atoms with van der Waals surface area (Å²) in [7, 11) is 0. The van der Waals surface area contributed by atoms with Crippen LogP contribution in [0.25, 0.3) is 5.69 Å². The number of carbonyl (C=O) groups excluding carboxylic acids is 1. The molecule has 0 aliphatic rings. The van der Waals surface area contributed by atoms with E-state index in [0.717, 1.165) is 0 Å². The highest BCUT2D eigenvalue weighted by Gasteiger charge is 2.13. The Morgan fingerprint density at radius 1 is 0.938 bits per heavy atom. The molecule has 0 fully saturated rings. The number of ether oxygens (including phenoxy) is 1. The van der Waals surface area contributed by atoms with Gasteiger partial charge >= 0.3 is 0 Å². The van der Waals surface area contributed by atoms with E-state index in [1.807, 2.05) is 32.0 Å². The molecule has 2 heterocycles. The number of para-hydroxylation sites is 1. The van der Waals surface area contributed by atoms with Gasteiger partial charge in [-0.2, -0.15) is 0 Å². The second-order valence-corrected chi connectivity index (χ2v) is 6.43. The van der Waals surface area contributed by atoms with Crippen molar-refractivity contribution in [2.24, 2.45) is 0 Å². The smallest absolute Gasteiger partial charge is 0.267 e. The molecule has 7 nitrogen and oxygen atoms in total. The monoisotopic (exact) mass is 428 g/mol. The summed E-state index contributed by atoms with van der Waals surface area (Å²) in [5.41, 5.74) is 6.53. The van der Waals surface area contributed by atoms with Crippen molar-refractivity contribution in [2.45, 2.75) is 13.8 Å². The Hall–Kier alpha value is -4.39. The maximum Gasteiger partial charge on any atom is 0.267 e. The van der Waals surface area contributed by atoms with Crippen LogP contribution in [0.3, 0.4) is 0 Å². The highest BCUT2D eigenvalue weighted by molar-refractivity contribution is 6.04. The lowest BCUT2D eigenvalue weighted by molar-refractivity contribution is 0.102. The van der Waals surface area contributed by atoms with Crippen LogP contribution in [0.15, 0.2) is 96.1 Å². The van der Waals surface area contributed by atoms with Crippen LogP contribution in [0, 0.1) is 0 Å². The van der Waals surface area contributed by atoms with Gasteiger partial charge in [-0.15, -0.1) is 0 Å². The molecule has 0 bridgehead atoms. The van der Waals surface area contributed by atoms with Crippen molar-refractivity contribution in [3.63, 3.8) is 0 Å². The van der Waals surface area contributed by atoms with Crippen molar-refractivity contribution < 1.29 is 9.53 Å². The van der Waals surface area contributed by atoms with Crippen LogP contribution < -0.4 is 21.3 Å². The molecule has 0 aliphatic heterocycles. The number of aromatic nitrogens is 2. The molecule has 2 aromatic heterocycles. The number of hydrogen-bond acceptors (Lipinski definition) is 5. The SMILES string of the molecule is CC.Nc1cc(Oc2ccc(NC(=O)c3cccn(-c4ccccc4)c3=O)cc2)ccn1. The van der Waals surface area contributed by atoms with Gasteiger partial charge in [-0.25, -0.2) is 4.98 Å². The van der Waals surface area contributed by atoms with E-state index in [4.69, 9.17) is 10.5 Å². The summed E-state index contributed by atoms with van der Waals surface area (Å²) < 4.78 is 7.14. The minimum atomic E-state index is -0.485. The van der Waals surface area contributed by atoms with Crippen LogP contribution in [0.4, 0.5) is 11.5 Å². The van der Waals surface area contributed by atoms with E-state index in [1.54, 1.807) is 67.0 Å². The molecule has 0 aliphatic carbocycles. The lowest BCUT2D eigenvalue weighted by atomic mass is 10.2. The van der Waals surface area contributed by atoms with Gasteiger partial charge in [0.05, 0.1) is 0 Å². The van der Waals surface area contributed by atoms with Crippen LogP contribution in [-0.2, 0) is 0 Å². The van der Waals surface area contributed by atoms with Gasteiger partial charge in [0, 0.05) is 29.8 Å². The Morgan fingerprint density at radius 2 is 1.66 bits per heavy atom. The fourth-order valence-electron chi connectivity index (χ4n) is 2.89. The molecular formula is C25H24N4O3. The molecule has 4 rings (SSSR count). The number of nitrogens with one attached hydrogen (secondary N) is 1. The summed E-state index contributed by atoms with van der Waals surface area (Å²) in [5, 5.41) is 2.74. The normalized spacial score (nSPS) is 9.94. The lowest BCUT2D eigenvalue weighted by Crippen LogP contribution is -2.27. The van der Waals surface area contributed by atoms with Crippen molar-refractivity contribution in [3.05, 3.63) is 107 Å². The molecule has 0 saturated carbocycles. The fraction of sp³-hybridized carbons (Fsp3) is 0.0800. The lowest BCUT2D eigenvalue weighted by Gasteiger charge is -2.10. The van der Waals surface area contributed by atoms with E-state index in [0.29, 0.717) is 28.7 Å². The van der Waals surface area contributed by atoms with E-state index in [-0.39, 0.29) is 5.56 Å².